The summed E-state index contributed by atoms with van der Waals surface area (Å²) in [6, 6.07) is -7.39. The summed E-state index contributed by atoms with van der Waals surface area (Å²) in [7, 11) is 0. The average Bonchev–Trinajstić information content (AvgIpc) is 0.762. The van der Waals surface area contributed by atoms with Gasteiger partial charge in [-0.25, -0.2) is 0 Å². The monoisotopic (exact) mass is 1610 g/mol. The molecule has 9 rings (SSSR count). The van der Waals surface area contributed by atoms with Crippen molar-refractivity contribution in [1.82, 2.24) is 21.3 Å². The normalized spacial score (nSPS) is 49.6. The zero-order chi connectivity index (χ0) is 81.1. The third kappa shape index (κ3) is 19.8. The number of hydrogen-bond donors (Lipinski definition) is 27. The van der Waals surface area contributed by atoms with Crippen molar-refractivity contribution in [2.75, 3.05) is 46.2 Å². The second-order valence-electron chi connectivity index (χ2n) is 28.1. The van der Waals surface area contributed by atoms with E-state index in [4.69, 9.17) is 80.5 Å². The largest absolute Gasteiger partial charge is 0.394 e. The lowest BCUT2D eigenvalue weighted by atomic mass is 9.93. The lowest BCUT2D eigenvalue weighted by molar-refractivity contribution is -0.400. The minimum atomic E-state index is -2.40. The molecule has 0 radical (unpaired) electrons. The molecule has 48 nitrogen and oxygen atoms in total. The molecule has 45 atom stereocenters. The Labute approximate surface area is 624 Å². The maximum Gasteiger partial charge on any atom is 0.217 e. The van der Waals surface area contributed by atoms with Gasteiger partial charge in [-0.3, -0.25) is 19.2 Å². The van der Waals surface area contributed by atoms with Gasteiger partial charge in [0.1, 0.15) is 207 Å². The molecule has 0 aromatic heterocycles. The van der Waals surface area contributed by atoms with Gasteiger partial charge in [0, 0.05) is 27.7 Å². The molecule has 0 aromatic carbocycles. The summed E-state index contributed by atoms with van der Waals surface area (Å²) in [5.74, 6) is -3.60. The Hall–Kier alpha value is -3.72. The SMILES string of the molecule is CC(=O)N[C@@H]1[C@@H](O[C@@H]2O[C@H](CO)[C@@H](O[C@@H]3O[C@H](CO)[C@H](O)[C@H](O)[C@H]3O)[C@H](O)[C@H]2NC(C)=O)[C@@H](O)[C@@H](CO[C@@H]2O[C@H](CO)[C@@H](O[C@@H]3O[C@H](CO)[C@H](O)[C@H](O[C@@H]4O[C@H](CO)[C@@H](O[C@@H]5O[C@@H](C)[C@@H](O)[C@@H](O)[C@@H]5O)[C@H](O[C@@H]5O[C@H](CO)[C@H](O)[C@H](O)[C@H]5O[C@@H]5O[C@@H](C)[C@@H](O)[C@@H](O)[C@@H]5O)[C@H]4NC(C)=O)[C@H]3O)[C@H](O)[C@H]2NC(C)=O)O[C@@H]1O. The quantitative estimate of drug-likeness (QED) is 0.0363. The van der Waals surface area contributed by atoms with Crippen LogP contribution in [0.3, 0.4) is 0 Å². The Morgan fingerprint density at radius 1 is 0.255 bits per heavy atom. The van der Waals surface area contributed by atoms with Crippen molar-refractivity contribution in [3.63, 3.8) is 0 Å². The van der Waals surface area contributed by atoms with E-state index < -0.39 is 346 Å². The number of ether oxygens (including phenoxy) is 17. The van der Waals surface area contributed by atoms with Gasteiger partial charge in [0.05, 0.1) is 58.5 Å². The fourth-order valence-electron chi connectivity index (χ4n) is 14.3. The first-order valence-electron chi connectivity index (χ1n) is 35.3. The first kappa shape index (κ1) is 90.2. The van der Waals surface area contributed by atoms with Crippen LogP contribution in [0.5, 0.6) is 0 Å². The highest BCUT2D eigenvalue weighted by molar-refractivity contribution is 5.74. The molecule has 0 aromatic rings. The highest BCUT2D eigenvalue weighted by Gasteiger charge is 2.61. The molecule has 0 unspecified atom stereocenters. The molecule has 27 N–H and O–H groups in total. The molecular weight excluding hydrogens is 1500 g/mol. The number of carbonyl (C=O) groups is 4. The second-order valence-corrected chi connectivity index (χ2v) is 28.1. The Morgan fingerprint density at radius 3 is 1.05 bits per heavy atom. The third-order valence-electron chi connectivity index (χ3n) is 20.3. The minimum Gasteiger partial charge on any atom is -0.394 e. The fourth-order valence-corrected chi connectivity index (χ4v) is 14.3. The molecule has 9 heterocycles. The first-order chi connectivity index (χ1) is 51.9. The highest BCUT2D eigenvalue weighted by atomic mass is 16.8. The van der Waals surface area contributed by atoms with Gasteiger partial charge in [0.25, 0.3) is 0 Å². The average molecular weight is 1610 g/mol. The van der Waals surface area contributed by atoms with Crippen LogP contribution >= 0.6 is 0 Å². The van der Waals surface area contributed by atoms with E-state index in [1.807, 2.05) is 0 Å². The molecular formula is C62H104N4O44. The van der Waals surface area contributed by atoms with Gasteiger partial charge < -0.3 is 219 Å². The fraction of sp³-hybridized carbons (Fsp3) is 0.935. The molecule has 110 heavy (non-hydrogen) atoms. The number of nitrogens with one attached hydrogen (secondary N) is 4. The number of aliphatic hydroxyl groups excluding tert-OH is 23. The van der Waals surface area contributed by atoms with E-state index in [0.717, 1.165) is 27.7 Å². The van der Waals surface area contributed by atoms with Gasteiger partial charge in [-0.2, -0.15) is 0 Å². The van der Waals surface area contributed by atoms with Crippen molar-refractivity contribution in [2.45, 2.75) is 318 Å². The van der Waals surface area contributed by atoms with Crippen molar-refractivity contribution >= 4 is 23.6 Å². The number of rotatable bonds is 27. The zero-order valence-electron chi connectivity index (χ0n) is 59.8. The predicted octanol–water partition coefficient (Wildman–Crippen LogP) is -18.0. The van der Waals surface area contributed by atoms with Gasteiger partial charge in [-0.1, -0.05) is 0 Å². The van der Waals surface area contributed by atoms with Crippen LogP contribution < -0.4 is 21.3 Å². The van der Waals surface area contributed by atoms with E-state index in [1.165, 1.54) is 13.8 Å². The molecule has 48 heteroatoms. The van der Waals surface area contributed by atoms with Gasteiger partial charge in [0.15, 0.2) is 56.6 Å². The molecule has 9 fully saturated rings. The summed E-state index contributed by atoms with van der Waals surface area (Å²) in [5, 5.41) is 264. The van der Waals surface area contributed by atoms with Crippen molar-refractivity contribution < 1.29 is 217 Å². The van der Waals surface area contributed by atoms with Crippen LogP contribution in [-0.4, -0.2) is 463 Å². The summed E-state index contributed by atoms with van der Waals surface area (Å²) in [5.41, 5.74) is 0. The smallest absolute Gasteiger partial charge is 0.217 e. The van der Waals surface area contributed by atoms with Gasteiger partial charge in [-0.05, 0) is 13.8 Å². The van der Waals surface area contributed by atoms with E-state index in [9.17, 15) is 137 Å². The van der Waals surface area contributed by atoms with E-state index in [-0.39, 0.29) is 0 Å². The molecule has 4 amide bonds. The van der Waals surface area contributed by atoms with E-state index in [2.05, 4.69) is 21.3 Å². The van der Waals surface area contributed by atoms with E-state index in [1.54, 1.807) is 0 Å². The topological polar surface area (TPSA) is 739 Å². The zero-order valence-corrected chi connectivity index (χ0v) is 59.8. The van der Waals surface area contributed by atoms with E-state index in [0.29, 0.717) is 0 Å². The molecule has 9 aliphatic heterocycles. The van der Waals surface area contributed by atoms with Crippen molar-refractivity contribution in [2.24, 2.45) is 0 Å². The van der Waals surface area contributed by atoms with E-state index >= 15 is 0 Å². The Bertz CT molecular complexity index is 2930. The summed E-state index contributed by atoms with van der Waals surface area (Å²) >= 11 is 0. The van der Waals surface area contributed by atoms with Gasteiger partial charge in [-0.15, -0.1) is 0 Å². The minimum absolute atomic E-state index is 0.851. The van der Waals surface area contributed by atoms with Crippen molar-refractivity contribution in [1.29, 1.82) is 0 Å². The summed E-state index contributed by atoms with van der Waals surface area (Å²) in [6.07, 6.45) is -80.4. The van der Waals surface area contributed by atoms with Crippen molar-refractivity contribution in [3.8, 4) is 0 Å². The Balaban J connectivity index is 0.960. The molecule has 0 saturated carbocycles. The number of amides is 4. The van der Waals surface area contributed by atoms with Crippen LogP contribution in [0.1, 0.15) is 41.5 Å². The van der Waals surface area contributed by atoms with Crippen LogP contribution in [0.15, 0.2) is 0 Å². The number of hydrogen-bond acceptors (Lipinski definition) is 44. The van der Waals surface area contributed by atoms with Crippen LogP contribution in [0.4, 0.5) is 0 Å². The lowest BCUT2D eigenvalue weighted by Gasteiger charge is -2.52. The van der Waals surface area contributed by atoms with Crippen LogP contribution in [0.2, 0.25) is 0 Å². The molecule has 636 valence electrons. The molecule has 0 spiro atoms. The molecule has 0 aliphatic carbocycles. The maximum absolute atomic E-state index is 13.5. The van der Waals surface area contributed by atoms with Crippen molar-refractivity contribution in [3.05, 3.63) is 0 Å². The highest BCUT2D eigenvalue weighted by Crippen LogP contribution is 2.40. The predicted molar refractivity (Wildman–Crippen MR) is 341 cm³/mol. The van der Waals surface area contributed by atoms with Gasteiger partial charge >= 0.3 is 0 Å². The Morgan fingerprint density at radius 2 is 0.573 bits per heavy atom. The molecule has 9 aliphatic rings. The van der Waals surface area contributed by atoms with Crippen LogP contribution in [-0.2, 0) is 99.7 Å². The maximum atomic E-state index is 13.5. The summed E-state index contributed by atoms with van der Waals surface area (Å²) in [6.45, 7) is -0.964. The first-order valence-corrected chi connectivity index (χ1v) is 35.3. The second kappa shape index (κ2) is 39.0. The Kier molecular flexibility index (Phi) is 32.0. The van der Waals surface area contributed by atoms with Crippen LogP contribution in [0.25, 0.3) is 0 Å². The summed E-state index contributed by atoms with van der Waals surface area (Å²) in [4.78, 5) is 51.8. The number of aliphatic hydroxyl groups is 23. The van der Waals surface area contributed by atoms with Crippen LogP contribution in [0, 0.1) is 0 Å². The van der Waals surface area contributed by atoms with Gasteiger partial charge in [0.2, 0.25) is 23.6 Å². The molecule has 9 saturated heterocycles. The summed E-state index contributed by atoms with van der Waals surface area (Å²) < 4.78 is 101. The standard InChI is InChI=1S/C62H104N4O44/c1-14-31(77)39(85)43(89)58(95-14)106-49-25(12-72)103-57(30(66-19(6)76)51(49)108-62-53(42(88)34(80)21(8-68)100-62)110-59-44(90)40(86)32(78)15(2)96-59)109-52-35(81)22(9-69)99-61(46(52)92)105-47-23(10-70)101-55(27(37(47)83)63-16(3)73)94-13-26-36(82)50(29(54(93)97-26)65-18(5)75)107-56-28(64-17(4)74)38(84)48(24(11-71)102-56)104-60-45(91)41(87)33(79)20(7-67)98-60/h14-15,20-62,67-72,77-93H,7-13H2,1-6H3,(H,63,73)(H,64,74)(H,65,75)(H,66,76)/t14-,15-,20+,21+,22+,23+,24+,25+,26+,27+,28+,29+,30+,31+,32+,33-,34-,35-,36-,37+,38+,39+,40+,41-,42-,43-,44-,45+,46+,47+,48+,49+,50+,51+,52-,53+,54-,55+,56-,57-,58-,59-,60-,61-,62-/m0/s1. The molecule has 0 bridgehead atoms. The lowest BCUT2D eigenvalue weighted by Crippen LogP contribution is -2.72. The third-order valence-corrected chi connectivity index (χ3v) is 20.3. The number of carbonyl (C=O) groups excluding carboxylic acids is 4.